The summed E-state index contributed by atoms with van der Waals surface area (Å²) < 4.78 is 15.5. The van der Waals surface area contributed by atoms with E-state index < -0.39 is 5.91 Å². The van der Waals surface area contributed by atoms with Crippen LogP contribution in [0.1, 0.15) is 10.6 Å². The lowest BCUT2D eigenvalue weighted by Crippen LogP contribution is -2.12. The maximum atomic E-state index is 11.9. The molecule has 2 aromatic rings. The maximum Gasteiger partial charge on any atom is 0.319 e. The highest BCUT2D eigenvalue weighted by Crippen LogP contribution is 2.23. The van der Waals surface area contributed by atoms with Crippen LogP contribution in [0.2, 0.25) is 0 Å². The second kappa shape index (κ2) is 5.70. The molecule has 2 heterocycles. The molecule has 0 atom stereocenters. The van der Waals surface area contributed by atoms with Crippen molar-refractivity contribution in [2.45, 2.75) is 0 Å². The third kappa shape index (κ3) is 3.02. The van der Waals surface area contributed by atoms with E-state index in [1.54, 1.807) is 6.07 Å². The van der Waals surface area contributed by atoms with Gasteiger partial charge < -0.3 is 19.2 Å². The van der Waals surface area contributed by atoms with Crippen molar-refractivity contribution in [2.75, 3.05) is 19.5 Å². The maximum absolute atomic E-state index is 11.9. The van der Waals surface area contributed by atoms with Crippen molar-refractivity contribution in [2.24, 2.45) is 0 Å². The van der Waals surface area contributed by atoms with Crippen molar-refractivity contribution in [3.63, 3.8) is 0 Å². The third-order valence-electron chi connectivity index (χ3n) is 2.15. The first-order valence-corrected chi connectivity index (χ1v) is 5.95. The Morgan fingerprint density at radius 3 is 2.74 bits per heavy atom. The van der Waals surface area contributed by atoms with E-state index in [2.05, 4.69) is 31.2 Å². The average molecular weight is 328 g/mol. The lowest BCUT2D eigenvalue weighted by atomic mass is 10.4. The average Bonchev–Trinajstić information content (AvgIpc) is 2.86. The first kappa shape index (κ1) is 13.3. The van der Waals surface area contributed by atoms with Crippen molar-refractivity contribution in [3.05, 3.63) is 28.8 Å². The molecular weight excluding hydrogens is 318 g/mol. The van der Waals surface area contributed by atoms with Crippen LogP contribution in [0.15, 0.2) is 27.4 Å². The highest BCUT2D eigenvalue weighted by atomic mass is 79.9. The first-order valence-electron chi connectivity index (χ1n) is 5.15. The summed E-state index contributed by atoms with van der Waals surface area (Å²) in [5, 5.41) is 2.58. The summed E-state index contributed by atoms with van der Waals surface area (Å²) in [7, 11) is 2.87. The molecule has 2 rings (SSSR count). The van der Waals surface area contributed by atoms with Crippen LogP contribution in [0.4, 0.5) is 5.69 Å². The number of aromatic nitrogens is 2. The van der Waals surface area contributed by atoms with Gasteiger partial charge in [-0.25, -0.2) is 4.98 Å². The normalized spacial score (nSPS) is 10.1. The van der Waals surface area contributed by atoms with Crippen LogP contribution >= 0.6 is 15.9 Å². The van der Waals surface area contributed by atoms with E-state index in [4.69, 9.17) is 13.9 Å². The summed E-state index contributed by atoms with van der Waals surface area (Å²) in [5.74, 6) is -0.0756. The minimum absolute atomic E-state index is 0.149. The number of hydrogen-bond acceptors (Lipinski definition) is 6. The highest BCUT2D eigenvalue weighted by molar-refractivity contribution is 9.10. The number of amides is 1. The predicted molar refractivity (Wildman–Crippen MR) is 69.5 cm³/mol. The molecule has 0 aliphatic heterocycles. The summed E-state index contributed by atoms with van der Waals surface area (Å²) in [5.41, 5.74) is 0.320. The Hall–Kier alpha value is -2.09. The van der Waals surface area contributed by atoms with E-state index in [1.807, 2.05) is 0 Å². The Bertz CT molecular complexity index is 599. The van der Waals surface area contributed by atoms with E-state index >= 15 is 0 Å². The van der Waals surface area contributed by atoms with E-state index in [0.717, 1.165) is 0 Å². The minimum atomic E-state index is -0.433. The smallest absolute Gasteiger partial charge is 0.319 e. The Morgan fingerprint density at radius 1 is 1.37 bits per heavy atom. The fourth-order valence-electron chi connectivity index (χ4n) is 1.31. The molecule has 0 unspecified atom stereocenters. The number of rotatable bonds is 4. The van der Waals surface area contributed by atoms with Crippen LogP contribution in [0.5, 0.6) is 11.9 Å². The number of furan rings is 1. The monoisotopic (exact) mass is 327 g/mol. The second-order valence-corrected chi connectivity index (χ2v) is 4.12. The zero-order chi connectivity index (χ0) is 13.8. The van der Waals surface area contributed by atoms with Crippen LogP contribution in [-0.2, 0) is 0 Å². The van der Waals surface area contributed by atoms with Gasteiger partial charge >= 0.3 is 6.01 Å². The lowest BCUT2D eigenvalue weighted by Gasteiger charge is -2.08. The van der Waals surface area contributed by atoms with Crippen LogP contribution in [0.25, 0.3) is 0 Å². The van der Waals surface area contributed by atoms with Gasteiger partial charge in [0.2, 0.25) is 5.88 Å². The van der Waals surface area contributed by atoms with Gasteiger partial charge in [0.05, 0.1) is 20.4 Å². The molecule has 8 heteroatoms. The van der Waals surface area contributed by atoms with Gasteiger partial charge in [-0.15, -0.1) is 0 Å². The molecule has 100 valence electrons. The van der Waals surface area contributed by atoms with Crippen LogP contribution in [0, 0.1) is 0 Å². The van der Waals surface area contributed by atoms with Crippen molar-refractivity contribution >= 4 is 27.5 Å². The summed E-state index contributed by atoms with van der Waals surface area (Å²) >= 11 is 3.12. The number of hydrogen-bond donors (Lipinski definition) is 1. The van der Waals surface area contributed by atoms with Gasteiger partial charge in [0.1, 0.15) is 5.69 Å². The summed E-state index contributed by atoms with van der Waals surface area (Å²) in [6.07, 6.45) is 1.39. The number of halogens is 1. The Kier molecular flexibility index (Phi) is 4.00. The number of nitrogens with zero attached hydrogens (tertiary/aromatic N) is 2. The molecule has 0 aliphatic carbocycles. The lowest BCUT2D eigenvalue weighted by molar-refractivity contribution is 0.0995. The molecule has 1 N–H and O–H groups in total. The summed E-state index contributed by atoms with van der Waals surface area (Å²) in [4.78, 5) is 19.7. The van der Waals surface area contributed by atoms with Gasteiger partial charge in [-0.1, -0.05) is 0 Å². The molecule has 0 saturated carbocycles. The van der Waals surface area contributed by atoms with Crippen LogP contribution in [0.3, 0.4) is 0 Å². The number of anilines is 1. The fraction of sp³-hybridized carbons (Fsp3) is 0.182. The van der Waals surface area contributed by atoms with Crippen molar-refractivity contribution in [1.82, 2.24) is 9.97 Å². The number of ether oxygens (including phenoxy) is 2. The molecule has 2 aromatic heterocycles. The van der Waals surface area contributed by atoms with Crippen LogP contribution in [-0.4, -0.2) is 30.1 Å². The molecule has 7 nitrogen and oxygen atoms in total. The Morgan fingerprint density at radius 2 is 2.16 bits per heavy atom. The zero-order valence-electron chi connectivity index (χ0n) is 10.1. The number of nitrogens with one attached hydrogen (secondary N) is 1. The zero-order valence-corrected chi connectivity index (χ0v) is 11.7. The van der Waals surface area contributed by atoms with Gasteiger partial charge in [0, 0.05) is 0 Å². The summed E-state index contributed by atoms with van der Waals surface area (Å²) in [6.45, 7) is 0. The third-order valence-corrected chi connectivity index (χ3v) is 2.58. The molecule has 0 aromatic carbocycles. The van der Waals surface area contributed by atoms with Crippen molar-refractivity contribution in [3.8, 4) is 11.9 Å². The van der Waals surface area contributed by atoms with Gasteiger partial charge in [-0.05, 0) is 28.1 Å². The van der Waals surface area contributed by atoms with Crippen molar-refractivity contribution < 1.29 is 18.7 Å². The largest absolute Gasteiger partial charge is 0.479 e. The fourth-order valence-corrected chi connectivity index (χ4v) is 1.62. The van der Waals surface area contributed by atoms with Gasteiger partial charge in [0.15, 0.2) is 10.4 Å². The van der Waals surface area contributed by atoms with E-state index in [9.17, 15) is 4.79 Å². The van der Waals surface area contributed by atoms with E-state index in [1.165, 1.54) is 26.5 Å². The number of carbonyl (C=O) groups excluding carboxylic acids is 1. The van der Waals surface area contributed by atoms with Crippen molar-refractivity contribution in [1.29, 1.82) is 0 Å². The number of carbonyl (C=O) groups is 1. The standard InChI is InChI=1S/C11H10BrN3O4/c1-17-10-6(5-13-11(15-10)18-2)14-9(16)7-3-4-8(12)19-7/h3-5H,1-2H3,(H,14,16). The molecule has 0 spiro atoms. The van der Waals surface area contributed by atoms with Crippen LogP contribution < -0.4 is 14.8 Å². The molecule has 0 bridgehead atoms. The van der Waals surface area contributed by atoms with E-state index in [0.29, 0.717) is 10.4 Å². The predicted octanol–water partition coefficient (Wildman–Crippen LogP) is 2.10. The number of methoxy groups -OCH3 is 2. The Labute approximate surface area is 117 Å². The first-order chi connectivity index (χ1) is 9.13. The van der Waals surface area contributed by atoms with Gasteiger partial charge in [-0.2, -0.15) is 4.98 Å². The van der Waals surface area contributed by atoms with E-state index in [-0.39, 0.29) is 17.7 Å². The SMILES string of the molecule is COc1ncc(NC(=O)c2ccc(Br)o2)c(OC)n1. The topological polar surface area (TPSA) is 86.5 Å². The molecular formula is C11H10BrN3O4. The molecule has 0 radical (unpaired) electrons. The second-order valence-electron chi connectivity index (χ2n) is 3.34. The highest BCUT2D eigenvalue weighted by Gasteiger charge is 2.15. The molecule has 19 heavy (non-hydrogen) atoms. The molecule has 0 fully saturated rings. The molecule has 1 amide bonds. The Balaban J connectivity index is 2.21. The minimum Gasteiger partial charge on any atom is -0.479 e. The van der Waals surface area contributed by atoms with Gasteiger partial charge in [0.25, 0.3) is 5.91 Å². The summed E-state index contributed by atoms with van der Waals surface area (Å²) in [6, 6.07) is 3.31. The molecule has 0 saturated heterocycles. The van der Waals surface area contributed by atoms with Gasteiger partial charge in [-0.3, -0.25) is 4.79 Å². The molecule has 0 aliphatic rings. The quantitative estimate of drug-likeness (QED) is 0.925.